The molecule has 112 valence electrons. The van der Waals surface area contributed by atoms with E-state index in [1.165, 1.54) is 0 Å². The molecular formula is C14H27NO4. The van der Waals surface area contributed by atoms with Crippen molar-refractivity contribution in [3.05, 3.63) is 0 Å². The van der Waals surface area contributed by atoms with Crippen LogP contribution in [0.2, 0.25) is 0 Å². The van der Waals surface area contributed by atoms with Crippen molar-refractivity contribution in [2.24, 2.45) is 0 Å². The van der Waals surface area contributed by atoms with Crippen molar-refractivity contribution in [1.82, 2.24) is 5.32 Å². The van der Waals surface area contributed by atoms with Crippen LogP contribution in [0.4, 0.5) is 0 Å². The Labute approximate surface area is 115 Å². The number of rotatable bonds is 10. The minimum atomic E-state index is -0.804. The molecule has 0 radical (unpaired) electrons. The highest BCUT2D eigenvalue weighted by Crippen LogP contribution is 2.18. The third-order valence-corrected chi connectivity index (χ3v) is 3.75. The molecule has 1 heterocycles. The Morgan fingerprint density at radius 3 is 2.84 bits per heavy atom. The van der Waals surface area contributed by atoms with Gasteiger partial charge in [-0.05, 0) is 38.6 Å². The van der Waals surface area contributed by atoms with Gasteiger partial charge in [-0.3, -0.25) is 4.79 Å². The van der Waals surface area contributed by atoms with Gasteiger partial charge in [0.15, 0.2) is 0 Å². The van der Waals surface area contributed by atoms with Gasteiger partial charge in [-0.15, -0.1) is 0 Å². The molecule has 1 rings (SSSR count). The Kier molecular flexibility index (Phi) is 7.34. The molecule has 5 heteroatoms. The van der Waals surface area contributed by atoms with E-state index in [-0.39, 0.29) is 6.10 Å². The average Bonchev–Trinajstić information content (AvgIpc) is 2.90. The first kappa shape index (κ1) is 16.4. The third kappa shape index (κ3) is 5.09. The van der Waals surface area contributed by atoms with Gasteiger partial charge in [-0.2, -0.15) is 0 Å². The molecule has 0 spiro atoms. The molecule has 0 aromatic rings. The number of likely N-dealkylation sites (N-methyl/N-ethyl adjacent to an activating group) is 1. The van der Waals surface area contributed by atoms with Gasteiger partial charge in [0, 0.05) is 13.2 Å². The van der Waals surface area contributed by atoms with Crippen LogP contribution >= 0.6 is 0 Å². The number of carbonyl (C=O) groups is 1. The summed E-state index contributed by atoms with van der Waals surface area (Å²) in [5.74, 6) is -0.768. The first-order chi connectivity index (χ1) is 9.14. The first-order valence-corrected chi connectivity index (χ1v) is 7.32. The van der Waals surface area contributed by atoms with Crippen LogP contribution < -0.4 is 5.32 Å². The second kappa shape index (κ2) is 8.51. The summed E-state index contributed by atoms with van der Waals surface area (Å²) >= 11 is 0. The van der Waals surface area contributed by atoms with Gasteiger partial charge >= 0.3 is 5.97 Å². The number of nitrogens with one attached hydrogen (secondary N) is 1. The normalized spacial score (nSPS) is 22.3. The summed E-state index contributed by atoms with van der Waals surface area (Å²) in [6, 6.07) is 0. The summed E-state index contributed by atoms with van der Waals surface area (Å²) in [5, 5.41) is 12.5. The molecule has 0 amide bonds. The maximum atomic E-state index is 11.4. The zero-order valence-corrected chi connectivity index (χ0v) is 12.1. The molecule has 2 atom stereocenters. The summed E-state index contributed by atoms with van der Waals surface area (Å²) in [6.07, 6.45) is 4.36. The van der Waals surface area contributed by atoms with Gasteiger partial charge in [-0.25, -0.2) is 0 Å². The highest BCUT2D eigenvalue weighted by Gasteiger charge is 2.34. The lowest BCUT2D eigenvalue weighted by Gasteiger charge is -2.29. The lowest BCUT2D eigenvalue weighted by Crippen LogP contribution is -2.51. The van der Waals surface area contributed by atoms with Crippen molar-refractivity contribution in [3.8, 4) is 0 Å². The summed E-state index contributed by atoms with van der Waals surface area (Å²) < 4.78 is 11.0. The fraction of sp³-hybridized carbons (Fsp3) is 0.929. The minimum absolute atomic E-state index is 0.240. The Morgan fingerprint density at radius 1 is 1.53 bits per heavy atom. The van der Waals surface area contributed by atoms with E-state index in [0.29, 0.717) is 32.6 Å². The fourth-order valence-corrected chi connectivity index (χ4v) is 2.53. The van der Waals surface area contributed by atoms with Crippen LogP contribution in [0.25, 0.3) is 0 Å². The van der Waals surface area contributed by atoms with Crippen molar-refractivity contribution in [2.75, 3.05) is 26.4 Å². The van der Waals surface area contributed by atoms with Gasteiger partial charge in [0.05, 0.1) is 12.7 Å². The van der Waals surface area contributed by atoms with E-state index in [4.69, 9.17) is 9.47 Å². The Balaban J connectivity index is 2.21. The van der Waals surface area contributed by atoms with Crippen LogP contribution in [0.5, 0.6) is 0 Å². The van der Waals surface area contributed by atoms with E-state index in [1.54, 1.807) is 0 Å². The second-order valence-corrected chi connectivity index (χ2v) is 5.08. The molecule has 0 aromatic carbocycles. The lowest BCUT2D eigenvalue weighted by atomic mass is 9.90. The Morgan fingerprint density at radius 2 is 2.32 bits per heavy atom. The number of carboxylic acids is 1. The second-order valence-electron chi connectivity index (χ2n) is 5.08. The summed E-state index contributed by atoms with van der Waals surface area (Å²) in [4.78, 5) is 11.4. The molecule has 0 bridgehead atoms. The van der Waals surface area contributed by atoms with E-state index < -0.39 is 11.5 Å². The Hall–Kier alpha value is -0.650. The number of carboxylic acid groups (broad SMARTS) is 1. The summed E-state index contributed by atoms with van der Waals surface area (Å²) in [7, 11) is 0. The summed E-state index contributed by atoms with van der Waals surface area (Å²) in [5.41, 5.74) is -0.804. The van der Waals surface area contributed by atoms with Crippen LogP contribution in [-0.4, -0.2) is 49.1 Å². The largest absolute Gasteiger partial charge is 0.480 e. The van der Waals surface area contributed by atoms with Crippen molar-refractivity contribution in [2.45, 2.75) is 57.6 Å². The maximum absolute atomic E-state index is 11.4. The quantitative estimate of drug-likeness (QED) is 0.594. The van der Waals surface area contributed by atoms with Gasteiger partial charge in [0.25, 0.3) is 0 Å². The highest BCUT2D eigenvalue weighted by atomic mass is 16.5. The predicted octanol–water partition coefficient (Wildman–Crippen LogP) is 1.81. The highest BCUT2D eigenvalue weighted by molar-refractivity contribution is 5.78. The van der Waals surface area contributed by atoms with Crippen LogP contribution in [0.3, 0.4) is 0 Å². The average molecular weight is 273 g/mol. The van der Waals surface area contributed by atoms with Crippen molar-refractivity contribution >= 4 is 5.97 Å². The molecular weight excluding hydrogens is 246 g/mol. The van der Waals surface area contributed by atoms with E-state index in [2.05, 4.69) is 5.32 Å². The smallest absolute Gasteiger partial charge is 0.323 e. The van der Waals surface area contributed by atoms with Crippen LogP contribution in [0, 0.1) is 0 Å². The topological polar surface area (TPSA) is 67.8 Å². The zero-order valence-electron chi connectivity index (χ0n) is 12.1. The van der Waals surface area contributed by atoms with Crippen molar-refractivity contribution < 1.29 is 19.4 Å². The molecule has 2 unspecified atom stereocenters. The van der Waals surface area contributed by atoms with Gasteiger partial charge < -0.3 is 19.9 Å². The Bertz CT molecular complexity index is 266. The lowest BCUT2D eigenvalue weighted by molar-refractivity contribution is -0.145. The monoisotopic (exact) mass is 273 g/mol. The third-order valence-electron chi connectivity index (χ3n) is 3.75. The van der Waals surface area contributed by atoms with E-state index in [9.17, 15) is 9.90 Å². The number of hydrogen-bond donors (Lipinski definition) is 2. The van der Waals surface area contributed by atoms with E-state index in [1.807, 2.05) is 13.8 Å². The SMILES string of the molecule is CCNC(CC)(CCCOCC1CCCO1)C(=O)O. The van der Waals surface area contributed by atoms with Crippen LogP contribution in [0.1, 0.15) is 46.0 Å². The molecule has 1 fully saturated rings. The standard InChI is InChI=1S/C14H27NO4/c1-3-14(13(16)17,15-4-2)8-6-9-18-11-12-7-5-10-19-12/h12,15H,3-11H2,1-2H3,(H,16,17). The van der Waals surface area contributed by atoms with Gasteiger partial charge in [0.1, 0.15) is 5.54 Å². The molecule has 19 heavy (non-hydrogen) atoms. The van der Waals surface area contributed by atoms with Gasteiger partial charge in [-0.1, -0.05) is 13.8 Å². The number of aliphatic carboxylic acids is 1. The fourth-order valence-electron chi connectivity index (χ4n) is 2.53. The summed E-state index contributed by atoms with van der Waals surface area (Å²) in [6.45, 7) is 6.57. The molecule has 1 aliphatic rings. The number of ether oxygens (including phenoxy) is 2. The molecule has 0 aromatic heterocycles. The van der Waals surface area contributed by atoms with Crippen molar-refractivity contribution in [3.63, 3.8) is 0 Å². The van der Waals surface area contributed by atoms with Crippen LogP contribution in [0.15, 0.2) is 0 Å². The van der Waals surface area contributed by atoms with Crippen LogP contribution in [-0.2, 0) is 14.3 Å². The molecule has 0 aliphatic carbocycles. The van der Waals surface area contributed by atoms with Gasteiger partial charge in [0.2, 0.25) is 0 Å². The molecule has 2 N–H and O–H groups in total. The molecule has 0 saturated carbocycles. The predicted molar refractivity (Wildman–Crippen MR) is 73.4 cm³/mol. The zero-order chi connectivity index (χ0) is 14.1. The molecule has 5 nitrogen and oxygen atoms in total. The molecule has 1 saturated heterocycles. The number of hydrogen-bond acceptors (Lipinski definition) is 4. The minimum Gasteiger partial charge on any atom is -0.480 e. The molecule has 1 aliphatic heterocycles. The van der Waals surface area contributed by atoms with E-state index >= 15 is 0 Å². The first-order valence-electron chi connectivity index (χ1n) is 7.32. The maximum Gasteiger partial charge on any atom is 0.323 e. The van der Waals surface area contributed by atoms with Crippen molar-refractivity contribution in [1.29, 1.82) is 0 Å². The van der Waals surface area contributed by atoms with E-state index in [0.717, 1.165) is 25.9 Å².